The molecule has 0 bridgehead atoms. The highest BCUT2D eigenvalue weighted by molar-refractivity contribution is 5.72. The van der Waals surface area contributed by atoms with E-state index in [1.54, 1.807) is 12.4 Å². The molecule has 7 nitrogen and oxygen atoms in total. The Kier molecular flexibility index (Phi) is 3.93. The van der Waals surface area contributed by atoms with Crippen LogP contribution in [0.5, 0.6) is 0 Å². The van der Waals surface area contributed by atoms with E-state index < -0.39 is 5.97 Å². The van der Waals surface area contributed by atoms with Crippen LogP contribution >= 0.6 is 0 Å². The summed E-state index contributed by atoms with van der Waals surface area (Å²) in [5.74, 6) is 0.402. The van der Waals surface area contributed by atoms with Crippen molar-refractivity contribution in [2.75, 3.05) is 50.0 Å². The Bertz CT molecular complexity index is 400. The van der Waals surface area contributed by atoms with Gasteiger partial charge in [-0.2, -0.15) is 0 Å². The summed E-state index contributed by atoms with van der Waals surface area (Å²) in [6.07, 6.45) is 3.24. The number of hydrogen-bond acceptors (Lipinski definition) is 6. The third kappa shape index (κ3) is 3.30. The molecule has 0 spiro atoms. The Hall–Kier alpha value is -1.89. The number of nitrogens with zero attached hydrogens (tertiary/aromatic N) is 4. The number of aliphatic carboxylic acids is 1. The quantitative estimate of drug-likeness (QED) is 0.762. The molecule has 1 aliphatic heterocycles. The van der Waals surface area contributed by atoms with Gasteiger partial charge in [0.25, 0.3) is 0 Å². The van der Waals surface area contributed by atoms with Crippen LogP contribution < -0.4 is 10.2 Å². The Morgan fingerprint density at radius 1 is 1.33 bits per heavy atom. The first-order chi connectivity index (χ1) is 8.65. The molecule has 2 heterocycles. The Morgan fingerprint density at radius 2 is 2.06 bits per heavy atom. The SMILES string of the molecule is CN1CCN(c2cnc(NCC(=O)O)cn2)CC1. The van der Waals surface area contributed by atoms with Crippen LogP contribution in [0.25, 0.3) is 0 Å². The first kappa shape index (κ1) is 12.6. The maximum absolute atomic E-state index is 10.4. The monoisotopic (exact) mass is 251 g/mol. The number of carbonyl (C=O) groups is 1. The summed E-state index contributed by atoms with van der Waals surface area (Å²) in [7, 11) is 2.10. The normalized spacial score (nSPS) is 16.6. The molecule has 0 aliphatic carbocycles. The highest BCUT2D eigenvalue weighted by atomic mass is 16.4. The first-order valence-electron chi connectivity index (χ1n) is 5.86. The highest BCUT2D eigenvalue weighted by Gasteiger charge is 2.15. The van der Waals surface area contributed by atoms with Gasteiger partial charge >= 0.3 is 5.97 Å². The molecule has 0 amide bonds. The Morgan fingerprint density at radius 3 is 2.61 bits per heavy atom. The fourth-order valence-electron chi connectivity index (χ4n) is 1.78. The minimum atomic E-state index is -0.917. The van der Waals surface area contributed by atoms with Crippen LogP contribution in [-0.2, 0) is 4.79 Å². The van der Waals surface area contributed by atoms with Crippen LogP contribution in [0.4, 0.5) is 11.6 Å². The van der Waals surface area contributed by atoms with E-state index in [9.17, 15) is 4.79 Å². The first-order valence-corrected chi connectivity index (χ1v) is 5.86. The molecule has 0 aromatic carbocycles. The molecular formula is C11H17N5O2. The van der Waals surface area contributed by atoms with Gasteiger partial charge in [0.2, 0.25) is 0 Å². The molecule has 1 aromatic rings. The topological polar surface area (TPSA) is 81.6 Å². The van der Waals surface area contributed by atoms with Crippen LogP contribution in [-0.4, -0.2) is 65.7 Å². The summed E-state index contributed by atoms with van der Waals surface area (Å²) in [4.78, 5) is 23.3. The van der Waals surface area contributed by atoms with E-state index in [4.69, 9.17) is 5.11 Å². The lowest BCUT2D eigenvalue weighted by molar-refractivity contribution is -0.134. The van der Waals surface area contributed by atoms with Crippen molar-refractivity contribution < 1.29 is 9.90 Å². The second kappa shape index (κ2) is 5.63. The van der Waals surface area contributed by atoms with Crippen molar-refractivity contribution in [2.24, 2.45) is 0 Å². The van der Waals surface area contributed by atoms with Gasteiger partial charge in [-0.25, -0.2) is 9.97 Å². The smallest absolute Gasteiger partial charge is 0.322 e. The lowest BCUT2D eigenvalue weighted by Gasteiger charge is -2.32. The van der Waals surface area contributed by atoms with Gasteiger partial charge < -0.3 is 20.2 Å². The number of piperazine rings is 1. The fraction of sp³-hybridized carbons (Fsp3) is 0.545. The van der Waals surface area contributed by atoms with E-state index in [1.807, 2.05) is 0 Å². The maximum Gasteiger partial charge on any atom is 0.322 e. The fourth-order valence-corrected chi connectivity index (χ4v) is 1.78. The molecular weight excluding hydrogens is 234 g/mol. The van der Waals surface area contributed by atoms with Gasteiger partial charge in [-0.3, -0.25) is 4.79 Å². The molecule has 0 radical (unpaired) electrons. The van der Waals surface area contributed by atoms with Crippen molar-refractivity contribution in [3.8, 4) is 0 Å². The van der Waals surface area contributed by atoms with Crippen molar-refractivity contribution in [2.45, 2.75) is 0 Å². The summed E-state index contributed by atoms with van der Waals surface area (Å²) in [6, 6.07) is 0. The van der Waals surface area contributed by atoms with E-state index in [2.05, 4.69) is 32.1 Å². The van der Waals surface area contributed by atoms with E-state index >= 15 is 0 Å². The Labute approximate surface area is 105 Å². The lowest BCUT2D eigenvalue weighted by atomic mass is 10.3. The van der Waals surface area contributed by atoms with Crippen molar-refractivity contribution in [3.05, 3.63) is 12.4 Å². The molecule has 1 aromatic heterocycles. The van der Waals surface area contributed by atoms with Gasteiger partial charge in [-0.15, -0.1) is 0 Å². The van der Waals surface area contributed by atoms with E-state index in [1.165, 1.54) is 0 Å². The van der Waals surface area contributed by atoms with Gasteiger partial charge in [0.15, 0.2) is 0 Å². The molecule has 1 saturated heterocycles. The van der Waals surface area contributed by atoms with Crippen molar-refractivity contribution >= 4 is 17.6 Å². The Balaban J connectivity index is 1.93. The standard InChI is InChI=1S/C11H17N5O2/c1-15-2-4-16(5-3-15)10-7-12-9(6-14-10)13-8-11(17)18/h6-7H,2-5,8H2,1H3,(H,12,13)(H,17,18). The van der Waals surface area contributed by atoms with Crippen molar-refractivity contribution in [3.63, 3.8) is 0 Å². The van der Waals surface area contributed by atoms with Gasteiger partial charge in [0.1, 0.15) is 18.2 Å². The molecule has 7 heteroatoms. The van der Waals surface area contributed by atoms with Crippen LogP contribution in [0.3, 0.4) is 0 Å². The average Bonchev–Trinajstić information content (AvgIpc) is 2.38. The van der Waals surface area contributed by atoms with Crippen molar-refractivity contribution in [1.29, 1.82) is 0 Å². The minimum Gasteiger partial charge on any atom is -0.480 e. The zero-order valence-corrected chi connectivity index (χ0v) is 10.3. The molecule has 2 N–H and O–H groups in total. The number of carboxylic acid groups (broad SMARTS) is 1. The van der Waals surface area contributed by atoms with E-state index in [-0.39, 0.29) is 6.54 Å². The van der Waals surface area contributed by atoms with Crippen LogP contribution in [0, 0.1) is 0 Å². The zero-order valence-electron chi connectivity index (χ0n) is 10.3. The molecule has 98 valence electrons. The number of hydrogen-bond donors (Lipinski definition) is 2. The molecule has 0 unspecified atom stereocenters. The molecule has 18 heavy (non-hydrogen) atoms. The summed E-state index contributed by atoms with van der Waals surface area (Å²) in [6.45, 7) is 3.75. The average molecular weight is 251 g/mol. The van der Waals surface area contributed by atoms with Crippen LogP contribution in [0.15, 0.2) is 12.4 Å². The minimum absolute atomic E-state index is 0.150. The molecule has 0 saturated carbocycles. The van der Waals surface area contributed by atoms with E-state index in [0.717, 1.165) is 32.0 Å². The predicted molar refractivity (Wildman–Crippen MR) is 67.9 cm³/mol. The van der Waals surface area contributed by atoms with E-state index in [0.29, 0.717) is 5.82 Å². The van der Waals surface area contributed by atoms with Crippen LogP contribution in [0.1, 0.15) is 0 Å². The summed E-state index contributed by atoms with van der Waals surface area (Å²) >= 11 is 0. The largest absolute Gasteiger partial charge is 0.480 e. The number of likely N-dealkylation sites (N-methyl/N-ethyl adjacent to an activating group) is 1. The van der Waals surface area contributed by atoms with Gasteiger partial charge in [0.05, 0.1) is 12.4 Å². The second-order valence-electron chi connectivity index (χ2n) is 4.30. The maximum atomic E-state index is 10.4. The molecule has 0 atom stereocenters. The molecule has 1 aliphatic rings. The zero-order chi connectivity index (χ0) is 13.0. The third-order valence-corrected chi connectivity index (χ3v) is 2.89. The predicted octanol–water partition coefficient (Wildman–Crippen LogP) is -0.275. The highest BCUT2D eigenvalue weighted by Crippen LogP contribution is 2.12. The van der Waals surface area contributed by atoms with Gasteiger partial charge in [0, 0.05) is 26.2 Å². The summed E-state index contributed by atoms with van der Waals surface area (Å²) in [5, 5.41) is 11.2. The molecule has 2 rings (SSSR count). The van der Waals surface area contributed by atoms with Gasteiger partial charge in [-0.1, -0.05) is 0 Å². The van der Waals surface area contributed by atoms with Gasteiger partial charge in [-0.05, 0) is 7.05 Å². The number of anilines is 2. The summed E-state index contributed by atoms with van der Waals surface area (Å²) in [5.41, 5.74) is 0. The number of nitrogens with one attached hydrogen (secondary N) is 1. The second-order valence-corrected chi connectivity index (χ2v) is 4.30. The number of rotatable bonds is 4. The number of carboxylic acids is 1. The summed E-state index contributed by atoms with van der Waals surface area (Å²) < 4.78 is 0. The lowest BCUT2D eigenvalue weighted by Crippen LogP contribution is -2.44. The van der Waals surface area contributed by atoms with Crippen molar-refractivity contribution in [1.82, 2.24) is 14.9 Å². The third-order valence-electron chi connectivity index (χ3n) is 2.89. The molecule has 1 fully saturated rings. The number of aromatic nitrogens is 2. The van der Waals surface area contributed by atoms with Crippen LogP contribution in [0.2, 0.25) is 0 Å².